The lowest BCUT2D eigenvalue weighted by Crippen LogP contribution is -2.25. The summed E-state index contributed by atoms with van der Waals surface area (Å²) in [7, 11) is 2.99. The number of ether oxygens (including phenoxy) is 1. The first kappa shape index (κ1) is 17.8. The van der Waals surface area contributed by atoms with Crippen LogP contribution in [0.15, 0.2) is 47.8 Å². The minimum atomic E-state index is -0.308. The van der Waals surface area contributed by atoms with E-state index < -0.39 is 0 Å². The van der Waals surface area contributed by atoms with Gasteiger partial charge in [0.05, 0.1) is 19.3 Å². The molecule has 0 unspecified atom stereocenters. The summed E-state index contributed by atoms with van der Waals surface area (Å²) in [4.78, 5) is 23.8. The van der Waals surface area contributed by atoms with Gasteiger partial charge in [-0.15, -0.1) is 11.3 Å². The van der Waals surface area contributed by atoms with Crippen molar-refractivity contribution in [2.75, 3.05) is 19.1 Å². The zero-order chi connectivity index (χ0) is 19.0. The van der Waals surface area contributed by atoms with E-state index in [1.54, 1.807) is 18.5 Å². The summed E-state index contributed by atoms with van der Waals surface area (Å²) in [6, 6.07) is 13.3. The van der Waals surface area contributed by atoms with Gasteiger partial charge in [0.1, 0.15) is 11.4 Å². The number of halogens is 1. The first-order valence-corrected chi connectivity index (χ1v) is 9.43. The maximum atomic E-state index is 12.3. The van der Waals surface area contributed by atoms with Gasteiger partial charge in [-0.3, -0.25) is 9.63 Å². The Hall–Kier alpha value is -2.61. The Morgan fingerprint density at radius 3 is 2.93 bits per heavy atom. The molecule has 2 aromatic carbocycles. The fourth-order valence-corrected chi connectivity index (χ4v) is 3.78. The average molecular weight is 402 g/mol. The van der Waals surface area contributed by atoms with Crippen LogP contribution in [0.5, 0.6) is 11.5 Å². The van der Waals surface area contributed by atoms with Crippen LogP contribution in [0.4, 0.5) is 10.8 Å². The molecule has 2 heterocycles. The highest BCUT2D eigenvalue weighted by Gasteiger charge is 2.25. The van der Waals surface area contributed by atoms with Crippen molar-refractivity contribution in [2.24, 2.45) is 0 Å². The molecule has 138 valence electrons. The quantitative estimate of drug-likeness (QED) is 0.586. The number of thiazole rings is 1. The lowest BCUT2D eigenvalue weighted by Gasteiger charge is -2.21. The number of amides is 1. The molecule has 8 heteroatoms. The van der Waals surface area contributed by atoms with Crippen molar-refractivity contribution < 1.29 is 14.4 Å². The van der Waals surface area contributed by atoms with Crippen LogP contribution in [0.3, 0.4) is 0 Å². The van der Waals surface area contributed by atoms with E-state index in [2.05, 4.69) is 4.98 Å². The van der Waals surface area contributed by atoms with Crippen LogP contribution in [0.1, 0.15) is 16.1 Å². The summed E-state index contributed by atoms with van der Waals surface area (Å²) >= 11 is 7.61. The molecule has 0 fully saturated rings. The number of hydrogen-bond donors (Lipinski definition) is 0. The minimum Gasteiger partial charge on any atom is -0.455 e. The lowest BCUT2D eigenvalue weighted by atomic mass is 10.2. The van der Waals surface area contributed by atoms with Crippen LogP contribution in [-0.4, -0.2) is 30.1 Å². The number of aromatic nitrogens is 1. The van der Waals surface area contributed by atoms with E-state index in [9.17, 15) is 4.79 Å². The predicted molar refractivity (Wildman–Crippen MR) is 105 cm³/mol. The summed E-state index contributed by atoms with van der Waals surface area (Å²) < 4.78 is 6.10. The van der Waals surface area contributed by atoms with Gasteiger partial charge in [-0.05, 0) is 24.3 Å². The summed E-state index contributed by atoms with van der Waals surface area (Å²) in [6.45, 7) is 0.546. The number of anilines is 2. The second-order valence-corrected chi connectivity index (χ2v) is 7.18. The standard InChI is InChI=1S/C19H16ClN3O3S/c1-22(25-2)18(24)14-11-27-19(21-14)23-10-12-5-3-4-6-16(12)26-17-8-7-13(20)9-15(17)23/h3-9,11H,10H2,1-2H3. The highest BCUT2D eigenvalue weighted by molar-refractivity contribution is 7.14. The van der Waals surface area contributed by atoms with Crippen molar-refractivity contribution in [1.29, 1.82) is 0 Å². The van der Waals surface area contributed by atoms with Crippen molar-refractivity contribution in [3.63, 3.8) is 0 Å². The first-order valence-electron chi connectivity index (χ1n) is 8.17. The molecule has 0 atom stereocenters. The van der Waals surface area contributed by atoms with Gasteiger partial charge in [-0.25, -0.2) is 10.0 Å². The van der Waals surface area contributed by atoms with Crippen molar-refractivity contribution in [2.45, 2.75) is 6.54 Å². The molecule has 27 heavy (non-hydrogen) atoms. The van der Waals surface area contributed by atoms with Gasteiger partial charge in [0.25, 0.3) is 5.91 Å². The van der Waals surface area contributed by atoms with E-state index >= 15 is 0 Å². The number of para-hydroxylation sites is 1. The molecule has 0 saturated carbocycles. The van der Waals surface area contributed by atoms with Gasteiger partial charge >= 0.3 is 0 Å². The number of carbonyl (C=O) groups excluding carboxylic acids is 1. The SMILES string of the molecule is CON(C)C(=O)c1csc(N2Cc3ccccc3Oc3ccc(Cl)cc32)n1. The molecule has 0 saturated heterocycles. The third-order valence-corrected chi connectivity index (χ3v) is 5.33. The van der Waals surface area contributed by atoms with E-state index in [-0.39, 0.29) is 5.91 Å². The Bertz CT molecular complexity index is 1010. The maximum absolute atomic E-state index is 12.3. The maximum Gasteiger partial charge on any atom is 0.296 e. The molecule has 0 aliphatic carbocycles. The van der Waals surface area contributed by atoms with Crippen molar-refractivity contribution >= 4 is 39.7 Å². The fraction of sp³-hybridized carbons (Fsp3) is 0.158. The van der Waals surface area contributed by atoms with Crippen molar-refractivity contribution in [3.8, 4) is 11.5 Å². The molecule has 0 N–H and O–H groups in total. The Morgan fingerprint density at radius 2 is 2.11 bits per heavy atom. The molecule has 0 spiro atoms. The number of hydroxylamine groups is 2. The number of nitrogens with zero attached hydrogens (tertiary/aromatic N) is 3. The monoisotopic (exact) mass is 401 g/mol. The number of benzene rings is 2. The van der Waals surface area contributed by atoms with Crippen molar-refractivity contribution in [1.82, 2.24) is 10.0 Å². The zero-order valence-corrected chi connectivity index (χ0v) is 16.3. The van der Waals surface area contributed by atoms with Crippen molar-refractivity contribution in [3.05, 3.63) is 64.1 Å². The highest BCUT2D eigenvalue weighted by Crippen LogP contribution is 2.44. The van der Waals surface area contributed by atoms with Gasteiger partial charge < -0.3 is 9.64 Å². The Morgan fingerprint density at radius 1 is 1.30 bits per heavy atom. The van der Waals surface area contributed by atoms with Crippen LogP contribution in [0.25, 0.3) is 0 Å². The number of rotatable bonds is 3. The highest BCUT2D eigenvalue weighted by atomic mass is 35.5. The third kappa shape index (κ3) is 3.37. The lowest BCUT2D eigenvalue weighted by molar-refractivity contribution is -0.0760. The number of fused-ring (bicyclic) bond motifs is 2. The largest absolute Gasteiger partial charge is 0.455 e. The molecular weight excluding hydrogens is 386 g/mol. The average Bonchev–Trinajstić information content (AvgIpc) is 3.11. The van der Waals surface area contributed by atoms with Crippen LogP contribution in [0.2, 0.25) is 5.02 Å². The molecule has 6 nitrogen and oxygen atoms in total. The normalized spacial score (nSPS) is 12.6. The van der Waals surface area contributed by atoms with E-state index in [4.69, 9.17) is 21.2 Å². The predicted octanol–water partition coefficient (Wildman–Crippen LogP) is 4.87. The molecule has 1 aliphatic rings. The fourth-order valence-electron chi connectivity index (χ4n) is 2.80. The summed E-state index contributed by atoms with van der Waals surface area (Å²) in [6.07, 6.45) is 0. The van der Waals surface area contributed by atoms with Gasteiger partial charge in [0.2, 0.25) is 0 Å². The Labute approximate surface area is 165 Å². The van der Waals surface area contributed by atoms with Gasteiger partial charge in [0.15, 0.2) is 10.9 Å². The van der Waals surface area contributed by atoms with Gasteiger partial charge in [-0.1, -0.05) is 29.8 Å². The van der Waals surface area contributed by atoms with E-state index in [1.807, 2.05) is 41.3 Å². The molecular formula is C19H16ClN3O3S. The summed E-state index contributed by atoms with van der Waals surface area (Å²) in [5.74, 6) is 1.16. The summed E-state index contributed by atoms with van der Waals surface area (Å²) in [5, 5.41) is 4.13. The van der Waals surface area contributed by atoms with Crippen LogP contribution in [-0.2, 0) is 11.4 Å². The molecule has 1 amide bonds. The van der Waals surface area contributed by atoms with E-state index in [0.717, 1.165) is 22.1 Å². The summed E-state index contributed by atoms with van der Waals surface area (Å²) in [5.41, 5.74) is 2.13. The number of hydrogen-bond acceptors (Lipinski definition) is 6. The second kappa shape index (κ2) is 7.19. The van der Waals surface area contributed by atoms with E-state index in [0.29, 0.717) is 28.1 Å². The van der Waals surface area contributed by atoms with E-state index in [1.165, 1.54) is 18.4 Å². The Balaban J connectivity index is 1.79. The zero-order valence-electron chi connectivity index (χ0n) is 14.7. The third-order valence-electron chi connectivity index (χ3n) is 4.23. The molecule has 0 radical (unpaired) electrons. The Kier molecular flexibility index (Phi) is 4.73. The second-order valence-electron chi connectivity index (χ2n) is 5.91. The van der Waals surface area contributed by atoms with Gasteiger partial charge in [-0.2, -0.15) is 0 Å². The topological polar surface area (TPSA) is 54.9 Å². The first-order chi connectivity index (χ1) is 13.1. The minimum absolute atomic E-state index is 0.308. The smallest absolute Gasteiger partial charge is 0.296 e. The molecule has 0 bridgehead atoms. The molecule has 1 aliphatic heterocycles. The molecule has 4 rings (SSSR count). The molecule has 1 aromatic heterocycles. The van der Waals surface area contributed by atoms with Gasteiger partial charge in [0, 0.05) is 23.0 Å². The van der Waals surface area contributed by atoms with Crippen LogP contribution >= 0.6 is 22.9 Å². The van der Waals surface area contributed by atoms with Crippen LogP contribution in [0, 0.1) is 0 Å². The van der Waals surface area contributed by atoms with Crippen LogP contribution < -0.4 is 9.64 Å². The number of carbonyl (C=O) groups is 1. The molecule has 3 aromatic rings.